The molecule has 3 nitrogen and oxygen atoms in total. The first-order valence-corrected chi connectivity index (χ1v) is 4.91. The van der Waals surface area contributed by atoms with Gasteiger partial charge in [-0.3, -0.25) is 0 Å². The summed E-state index contributed by atoms with van der Waals surface area (Å²) in [7, 11) is 0. The summed E-state index contributed by atoms with van der Waals surface area (Å²) in [5.41, 5.74) is -0.545. The highest BCUT2D eigenvalue weighted by atomic mass is 79.9. The molecule has 0 radical (unpaired) electrons. The number of alkyl halides is 3. The third-order valence-corrected chi connectivity index (χ3v) is 2.57. The van der Waals surface area contributed by atoms with Crippen molar-refractivity contribution in [3.8, 4) is 11.5 Å². The Hall–Kier alpha value is -1.37. The van der Waals surface area contributed by atoms with Gasteiger partial charge in [0.05, 0.1) is 5.56 Å². The van der Waals surface area contributed by atoms with E-state index in [4.69, 9.17) is 4.42 Å². The van der Waals surface area contributed by atoms with Gasteiger partial charge in [-0.1, -0.05) is 15.9 Å². The van der Waals surface area contributed by atoms with Gasteiger partial charge >= 0.3 is 6.18 Å². The third-order valence-electron chi connectivity index (χ3n) is 1.88. The monoisotopic (exact) mass is 292 g/mol. The van der Waals surface area contributed by atoms with Crippen molar-refractivity contribution >= 4 is 15.9 Å². The minimum atomic E-state index is -4.42. The molecule has 16 heavy (non-hydrogen) atoms. The Morgan fingerprint density at radius 3 is 2.56 bits per heavy atom. The minimum Gasteiger partial charge on any atom is -0.423 e. The Balaban J connectivity index is 2.52. The summed E-state index contributed by atoms with van der Waals surface area (Å²) >= 11 is 2.84. The lowest BCUT2D eigenvalue weighted by molar-refractivity contribution is -0.138. The maximum Gasteiger partial charge on any atom is 0.417 e. The molecule has 0 bridgehead atoms. The molecule has 0 unspecified atom stereocenters. The summed E-state index contributed by atoms with van der Waals surface area (Å²) in [4.78, 5) is 0. The molecule has 1 heterocycles. The number of hydrogen-bond donors (Lipinski definition) is 0. The summed E-state index contributed by atoms with van der Waals surface area (Å²) in [6.45, 7) is 0. The molecule has 0 spiro atoms. The van der Waals surface area contributed by atoms with Gasteiger partial charge in [0.1, 0.15) is 0 Å². The maximum atomic E-state index is 12.6. The molecule has 0 atom stereocenters. The lowest BCUT2D eigenvalue weighted by Crippen LogP contribution is -2.06. The van der Waals surface area contributed by atoms with Crippen LogP contribution in [-0.2, 0) is 6.18 Å². The Bertz CT molecular complexity index is 496. The molecule has 0 aliphatic rings. The summed E-state index contributed by atoms with van der Waals surface area (Å²) in [6, 6.07) is 3.72. The minimum absolute atomic E-state index is 0.0248. The smallest absolute Gasteiger partial charge is 0.417 e. The molecule has 0 aliphatic carbocycles. The molecule has 2 aromatic rings. The molecule has 0 fully saturated rings. The summed E-state index contributed by atoms with van der Waals surface area (Å²) < 4.78 is 42.5. The highest BCUT2D eigenvalue weighted by molar-refractivity contribution is 9.10. The van der Waals surface area contributed by atoms with E-state index in [9.17, 15) is 13.2 Å². The lowest BCUT2D eigenvalue weighted by atomic mass is 10.1. The maximum absolute atomic E-state index is 12.6. The van der Waals surface area contributed by atoms with Gasteiger partial charge in [0.2, 0.25) is 12.3 Å². The predicted molar refractivity (Wildman–Crippen MR) is 52.4 cm³/mol. The highest BCUT2D eigenvalue weighted by Crippen LogP contribution is 2.36. The molecule has 0 aliphatic heterocycles. The number of aromatic nitrogens is 2. The van der Waals surface area contributed by atoms with Gasteiger partial charge in [-0.2, -0.15) is 13.2 Å². The molecule has 84 valence electrons. The van der Waals surface area contributed by atoms with Crippen LogP contribution in [0.25, 0.3) is 11.5 Å². The zero-order valence-electron chi connectivity index (χ0n) is 7.62. The van der Waals surface area contributed by atoms with Gasteiger partial charge in [-0.15, -0.1) is 10.2 Å². The van der Waals surface area contributed by atoms with Crippen LogP contribution in [0, 0.1) is 0 Å². The largest absolute Gasteiger partial charge is 0.423 e. The van der Waals surface area contributed by atoms with Gasteiger partial charge in [-0.05, 0) is 18.2 Å². The SMILES string of the molecule is FC(F)(F)c1cc(-c2nnco2)ccc1Br. The number of rotatable bonds is 1. The fourth-order valence-electron chi connectivity index (χ4n) is 1.17. The fraction of sp³-hybridized carbons (Fsp3) is 0.111. The molecular weight excluding hydrogens is 289 g/mol. The van der Waals surface area contributed by atoms with Crippen LogP contribution >= 0.6 is 15.9 Å². The molecule has 2 rings (SSSR count). The molecule has 7 heteroatoms. The molecule has 0 amide bonds. The normalized spacial score (nSPS) is 11.8. The van der Waals surface area contributed by atoms with Crippen LogP contribution in [-0.4, -0.2) is 10.2 Å². The van der Waals surface area contributed by atoms with Crippen LogP contribution in [0.5, 0.6) is 0 Å². The van der Waals surface area contributed by atoms with Crippen molar-refractivity contribution in [2.45, 2.75) is 6.18 Å². The van der Waals surface area contributed by atoms with Gasteiger partial charge in [0, 0.05) is 10.0 Å². The molecule has 0 N–H and O–H groups in total. The molecule has 0 saturated heterocycles. The number of halogens is 4. The molecule has 1 aromatic carbocycles. The first-order valence-electron chi connectivity index (χ1n) is 4.12. The number of hydrogen-bond acceptors (Lipinski definition) is 3. The first kappa shape index (κ1) is 11.1. The standard InChI is InChI=1S/C9H4BrF3N2O/c10-7-2-1-5(8-15-14-4-16-8)3-6(7)9(11,12)13/h1-4H. The summed E-state index contributed by atoms with van der Waals surface area (Å²) in [6.07, 6.45) is -3.36. The average molecular weight is 293 g/mol. The van der Waals surface area contributed by atoms with E-state index >= 15 is 0 Å². The second kappa shape index (κ2) is 3.89. The van der Waals surface area contributed by atoms with E-state index in [-0.39, 0.29) is 15.9 Å². The van der Waals surface area contributed by atoms with E-state index < -0.39 is 11.7 Å². The Labute approximate surface area is 96.4 Å². The van der Waals surface area contributed by atoms with E-state index in [1.165, 1.54) is 12.1 Å². The van der Waals surface area contributed by atoms with Gasteiger partial charge < -0.3 is 4.42 Å². The molecule has 1 aromatic heterocycles. The van der Waals surface area contributed by atoms with E-state index in [1.807, 2.05) is 0 Å². The van der Waals surface area contributed by atoms with Crippen LogP contribution in [0.4, 0.5) is 13.2 Å². The van der Waals surface area contributed by atoms with Crippen molar-refractivity contribution < 1.29 is 17.6 Å². The van der Waals surface area contributed by atoms with Crippen LogP contribution in [0.15, 0.2) is 33.5 Å². The van der Waals surface area contributed by atoms with Crippen molar-refractivity contribution in [1.29, 1.82) is 0 Å². The topological polar surface area (TPSA) is 38.9 Å². The summed E-state index contributed by atoms with van der Waals surface area (Å²) in [5.74, 6) is 0.0537. The van der Waals surface area contributed by atoms with E-state index in [2.05, 4.69) is 26.1 Å². The third kappa shape index (κ3) is 2.08. The predicted octanol–water partition coefficient (Wildman–Crippen LogP) is 3.52. The van der Waals surface area contributed by atoms with E-state index in [0.29, 0.717) is 0 Å². The van der Waals surface area contributed by atoms with Crippen LogP contribution in [0.1, 0.15) is 5.56 Å². The molecule has 0 saturated carbocycles. The number of nitrogens with zero attached hydrogens (tertiary/aromatic N) is 2. The lowest BCUT2D eigenvalue weighted by Gasteiger charge is -2.09. The second-order valence-electron chi connectivity index (χ2n) is 2.94. The first-order chi connectivity index (χ1) is 7.48. The van der Waals surface area contributed by atoms with E-state index in [0.717, 1.165) is 12.5 Å². The van der Waals surface area contributed by atoms with Crippen LogP contribution in [0.2, 0.25) is 0 Å². The van der Waals surface area contributed by atoms with Crippen molar-refractivity contribution in [1.82, 2.24) is 10.2 Å². The zero-order chi connectivity index (χ0) is 11.8. The summed E-state index contributed by atoms with van der Waals surface area (Å²) in [5, 5.41) is 6.94. The second-order valence-corrected chi connectivity index (χ2v) is 3.79. The van der Waals surface area contributed by atoms with Crippen molar-refractivity contribution in [2.24, 2.45) is 0 Å². The van der Waals surface area contributed by atoms with Crippen LogP contribution < -0.4 is 0 Å². The molecular formula is C9H4BrF3N2O. The fourth-order valence-corrected chi connectivity index (χ4v) is 1.65. The average Bonchev–Trinajstić information content (AvgIpc) is 2.69. The van der Waals surface area contributed by atoms with Crippen molar-refractivity contribution in [3.63, 3.8) is 0 Å². The van der Waals surface area contributed by atoms with Crippen LogP contribution in [0.3, 0.4) is 0 Å². The Morgan fingerprint density at radius 2 is 2.00 bits per heavy atom. The van der Waals surface area contributed by atoms with E-state index in [1.54, 1.807) is 0 Å². The van der Waals surface area contributed by atoms with Gasteiger partial charge in [0.15, 0.2) is 0 Å². The van der Waals surface area contributed by atoms with Gasteiger partial charge in [0.25, 0.3) is 0 Å². The Morgan fingerprint density at radius 1 is 1.25 bits per heavy atom. The quantitative estimate of drug-likeness (QED) is 0.807. The van der Waals surface area contributed by atoms with Crippen molar-refractivity contribution in [2.75, 3.05) is 0 Å². The van der Waals surface area contributed by atoms with Crippen molar-refractivity contribution in [3.05, 3.63) is 34.6 Å². The number of benzene rings is 1. The zero-order valence-corrected chi connectivity index (χ0v) is 9.21. The Kier molecular flexibility index (Phi) is 2.71. The van der Waals surface area contributed by atoms with Gasteiger partial charge in [-0.25, -0.2) is 0 Å². The highest BCUT2D eigenvalue weighted by Gasteiger charge is 2.33.